The number of alkyl halides is 2. The van der Waals surface area contributed by atoms with Crippen molar-refractivity contribution < 1.29 is 23.1 Å². The number of carbonyl (C=O) groups excluding carboxylic acids is 2. The number of hydrogen-bond donors (Lipinski definition) is 1. The summed E-state index contributed by atoms with van der Waals surface area (Å²) in [5, 5.41) is 12.8. The molecule has 2 amide bonds. The molecule has 5 heterocycles. The zero-order valence-electron chi connectivity index (χ0n) is 38.1. The second kappa shape index (κ2) is 17.9. The van der Waals surface area contributed by atoms with Gasteiger partial charge in [0.05, 0.1) is 16.1 Å². The van der Waals surface area contributed by atoms with Crippen molar-refractivity contribution in [2.45, 2.75) is 97.6 Å². The Hall–Kier alpha value is -6.13. The number of amides is 2. The number of pyridine rings is 1. The molecule has 14 heteroatoms. The molecule has 4 aliphatic rings. The summed E-state index contributed by atoms with van der Waals surface area (Å²) >= 11 is 6.25. The highest BCUT2D eigenvalue weighted by Gasteiger charge is 2.64. The minimum Gasteiger partial charge on any atom is -0.489 e. The second-order valence-corrected chi connectivity index (χ2v) is 19.9. The third kappa shape index (κ3) is 8.56. The van der Waals surface area contributed by atoms with Gasteiger partial charge < -0.3 is 24.8 Å². The maximum Gasteiger partial charge on any atom is 0.264 e. The summed E-state index contributed by atoms with van der Waals surface area (Å²) in [6.45, 7) is 10.6. The zero-order valence-corrected chi connectivity index (χ0v) is 38.8. The Balaban J connectivity index is 0.774. The Kier molecular flexibility index (Phi) is 12.2. The van der Waals surface area contributed by atoms with Crippen LogP contribution in [-0.2, 0) is 24.1 Å². The van der Waals surface area contributed by atoms with Crippen LogP contribution >= 0.6 is 11.6 Å². The number of benzene rings is 3. The van der Waals surface area contributed by atoms with Crippen molar-refractivity contribution in [2.75, 3.05) is 41.4 Å². The summed E-state index contributed by atoms with van der Waals surface area (Å²) in [4.78, 5) is 45.7. The summed E-state index contributed by atoms with van der Waals surface area (Å²) in [7, 11) is 1.80. The first-order valence-electron chi connectivity index (χ1n) is 22.9. The molecule has 342 valence electrons. The van der Waals surface area contributed by atoms with Crippen LogP contribution < -0.4 is 24.8 Å². The molecule has 0 atom stereocenters. The molecule has 66 heavy (non-hydrogen) atoms. The predicted molar refractivity (Wildman–Crippen MR) is 253 cm³/mol. The minimum atomic E-state index is -2.65. The maximum absolute atomic E-state index is 14.8. The molecule has 0 spiro atoms. The third-order valence-electron chi connectivity index (χ3n) is 14.5. The van der Waals surface area contributed by atoms with E-state index in [2.05, 4.69) is 64.9 Å². The van der Waals surface area contributed by atoms with Crippen molar-refractivity contribution in [3.8, 4) is 22.9 Å². The fourth-order valence-electron chi connectivity index (χ4n) is 11.1. The number of anilines is 4. The molecule has 0 radical (unpaired) electrons. The molecule has 11 nitrogen and oxygen atoms in total. The van der Waals surface area contributed by atoms with E-state index in [1.807, 2.05) is 30.3 Å². The number of ether oxygens (including phenoxy) is 1. The van der Waals surface area contributed by atoms with Gasteiger partial charge in [-0.1, -0.05) is 45.4 Å². The lowest BCUT2D eigenvalue weighted by molar-refractivity contribution is -0.164. The summed E-state index contributed by atoms with van der Waals surface area (Å²) < 4.78 is 35.9. The van der Waals surface area contributed by atoms with E-state index in [1.54, 1.807) is 54.8 Å². The maximum atomic E-state index is 14.8. The molecule has 5 aromatic rings. The standard InChI is InChI=1S/C52H55ClF2N8O3/c1-51(2)48(52(3,4)49(51)66-39-15-10-34(27-56)42(53)25-39)60-47(65)36-29-58-50(59-30-36)62-21-18-31(19-22-62)8-12-37-13-9-35(28-57-37)40-24-32-7-6-20-63(44(32)26-41(40)46(54)55)38-14-16-43-33(23-38)11-17-45(64)61(43)5/h9-10,13-16,23-26,28-31,46,48-49H,6-8,11-12,17-22H2,1-5H3,(H,60,65). The normalized spacial score (nSPS) is 20.0. The van der Waals surface area contributed by atoms with Gasteiger partial charge in [-0.2, -0.15) is 5.26 Å². The number of nitriles is 1. The van der Waals surface area contributed by atoms with Gasteiger partial charge in [0, 0.05) is 109 Å². The van der Waals surface area contributed by atoms with Gasteiger partial charge in [-0.25, -0.2) is 18.7 Å². The van der Waals surface area contributed by atoms with Gasteiger partial charge in [0.1, 0.15) is 17.9 Å². The van der Waals surface area contributed by atoms with Crippen LogP contribution in [0.4, 0.5) is 31.8 Å². The minimum absolute atomic E-state index is 0.00210. The molecule has 2 aromatic heterocycles. The molecule has 1 saturated heterocycles. The van der Waals surface area contributed by atoms with Gasteiger partial charge in [-0.05, 0) is 116 Å². The number of aryl methyl sites for hydroxylation is 3. The first-order chi connectivity index (χ1) is 31.6. The van der Waals surface area contributed by atoms with E-state index in [1.165, 1.54) is 0 Å². The Morgan fingerprint density at radius 2 is 1.65 bits per heavy atom. The molecule has 2 fully saturated rings. The molecular weight excluding hydrogens is 858 g/mol. The average molecular weight is 914 g/mol. The van der Waals surface area contributed by atoms with Crippen molar-refractivity contribution in [3.63, 3.8) is 0 Å². The number of hydrogen-bond acceptors (Lipinski definition) is 9. The highest BCUT2D eigenvalue weighted by Crippen LogP contribution is 2.56. The van der Waals surface area contributed by atoms with E-state index in [-0.39, 0.29) is 29.5 Å². The van der Waals surface area contributed by atoms with Gasteiger partial charge >= 0.3 is 0 Å². The van der Waals surface area contributed by atoms with Crippen molar-refractivity contribution >= 4 is 46.4 Å². The van der Waals surface area contributed by atoms with Gasteiger partial charge in [0.15, 0.2) is 0 Å². The monoisotopic (exact) mass is 912 g/mol. The number of nitrogens with zero attached hydrogens (tertiary/aromatic N) is 7. The molecule has 3 aromatic carbocycles. The molecule has 3 aliphatic heterocycles. The first-order valence-corrected chi connectivity index (χ1v) is 23.3. The van der Waals surface area contributed by atoms with E-state index < -0.39 is 17.3 Å². The van der Waals surface area contributed by atoms with Crippen LogP contribution in [0.1, 0.15) is 105 Å². The number of aromatic nitrogens is 3. The van der Waals surface area contributed by atoms with E-state index in [9.17, 15) is 23.6 Å². The van der Waals surface area contributed by atoms with Crippen molar-refractivity contribution in [1.82, 2.24) is 20.3 Å². The van der Waals surface area contributed by atoms with Crippen LogP contribution in [0.2, 0.25) is 5.02 Å². The van der Waals surface area contributed by atoms with Crippen LogP contribution in [0.3, 0.4) is 0 Å². The Morgan fingerprint density at radius 3 is 2.33 bits per heavy atom. The summed E-state index contributed by atoms with van der Waals surface area (Å²) in [6.07, 6.45) is 8.60. The molecule has 1 saturated carbocycles. The van der Waals surface area contributed by atoms with E-state index in [4.69, 9.17) is 21.3 Å². The largest absolute Gasteiger partial charge is 0.489 e. The van der Waals surface area contributed by atoms with Gasteiger partial charge in [0.2, 0.25) is 11.9 Å². The fraction of sp³-hybridized carbons (Fsp3) is 0.423. The lowest BCUT2D eigenvalue weighted by atomic mass is 9.49. The fourth-order valence-corrected chi connectivity index (χ4v) is 11.3. The van der Waals surface area contributed by atoms with Crippen LogP contribution in [-0.4, -0.2) is 65.6 Å². The number of rotatable bonds is 11. The molecule has 0 bridgehead atoms. The SMILES string of the molecule is CN1C(=O)CCc2cc(N3CCCc4cc(-c5ccc(CCC6CCN(c7ncc(C(=O)NC8C(C)(C)C(Oc9ccc(C#N)c(Cl)c9)C8(C)C)cn7)CC6)nc5)c(C(F)F)cc43)ccc21. The number of fused-ring (bicyclic) bond motifs is 2. The first kappa shape index (κ1) is 45.0. The zero-order chi connectivity index (χ0) is 46.5. The Labute approximate surface area is 390 Å². The lowest BCUT2D eigenvalue weighted by Crippen LogP contribution is -2.74. The predicted octanol–water partition coefficient (Wildman–Crippen LogP) is 10.5. The average Bonchev–Trinajstić information content (AvgIpc) is 3.32. The molecule has 9 rings (SSSR count). The Bertz CT molecular complexity index is 2680. The number of piperidine rings is 1. The van der Waals surface area contributed by atoms with Crippen molar-refractivity contribution in [3.05, 3.63) is 118 Å². The van der Waals surface area contributed by atoms with Gasteiger partial charge in [-0.15, -0.1) is 0 Å². The Morgan fingerprint density at radius 1 is 0.909 bits per heavy atom. The van der Waals surface area contributed by atoms with Gasteiger partial charge in [0.25, 0.3) is 12.3 Å². The smallest absolute Gasteiger partial charge is 0.264 e. The third-order valence-corrected chi connectivity index (χ3v) is 14.8. The van der Waals surface area contributed by atoms with Crippen LogP contribution in [0.25, 0.3) is 11.1 Å². The molecule has 1 aliphatic carbocycles. The van der Waals surface area contributed by atoms with Crippen molar-refractivity contribution in [2.24, 2.45) is 16.7 Å². The van der Waals surface area contributed by atoms with Crippen LogP contribution in [0.15, 0.2) is 79.3 Å². The number of carbonyl (C=O) groups is 2. The highest BCUT2D eigenvalue weighted by atomic mass is 35.5. The van der Waals surface area contributed by atoms with Crippen LogP contribution in [0.5, 0.6) is 5.75 Å². The summed E-state index contributed by atoms with van der Waals surface area (Å²) in [5.41, 5.74) is 6.95. The number of halogens is 3. The van der Waals surface area contributed by atoms with Crippen LogP contribution in [0, 0.1) is 28.1 Å². The summed E-state index contributed by atoms with van der Waals surface area (Å²) in [5.74, 6) is 1.53. The highest BCUT2D eigenvalue weighted by molar-refractivity contribution is 6.31. The number of nitrogens with one attached hydrogen (secondary N) is 1. The van der Waals surface area contributed by atoms with Crippen molar-refractivity contribution in [1.29, 1.82) is 5.26 Å². The van der Waals surface area contributed by atoms with E-state index in [0.717, 1.165) is 92.0 Å². The molecule has 1 N–H and O–H groups in total. The van der Waals surface area contributed by atoms with E-state index >= 15 is 0 Å². The second-order valence-electron chi connectivity index (χ2n) is 19.5. The lowest BCUT2D eigenvalue weighted by Gasteiger charge is -2.63. The molecule has 0 unspecified atom stereocenters. The topological polar surface area (TPSA) is 128 Å². The van der Waals surface area contributed by atoms with Gasteiger partial charge in [-0.3, -0.25) is 14.6 Å². The van der Waals surface area contributed by atoms with E-state index in [0.29, 0.717) is 57.7 Å². The molecular formula is C52H55ClF2N8O3. The quantitative estimate of drug-likeness (QED) is 0.138. The summed E-state index contributed by atoms with van der Waals surface area (Å²) in [6, 6.07) is 20.5.